The summed E-state index contributed by atoms with van der Waals surface area (Å²) < 4.78 is 7.66. The van der Waals surface area contributed by atoms with E-state index in [0.717, 1.165) is 17.0 Å². The van der Waals surface area contributed by atoms with Gasteiger partial charge < -0.3 is 15.7 Å². The van der Waals surface area contributed by atoms with Crippen LogP contribution in [0.25, 0.3) is 0 Å². The largest absolute Gasteiger partial charge is 0.453 e. The summed E-state index contributed by atoms with van der Waals surface area (Å²) in [4.78, 5) is 0. The van der Waals surface area contributed by atoms with Gasteiger partial charge in [0.1, 0.15) is 18.0 Å². The average molecular weight is 323 g/mol. The van der Waals surface area contributed by atoms with E-state index in [1.165, 1.54) is 0 Å². The van der Waals surface area contributed by atoms with Crippen molar-refractivity contribution in [2.75, 3.05) is 0 Å². The van der Waals surface area contributed by atoms with Crippen LogP contribution < -0.4 is 10.5 Å². The molecule has 1 aromatic heterocycles. The lowest BCUT2D eigenvalue weighted by molar-refractivity contribution is 0.316. The Kier molecular flexibility index (Phi) is 4.92. The molecule has 118 valence electrons. The molecule has 6 nitrogen and oxygen atoms in total. The lowest BCUT2D eigenvalue weighted by Gasteiger charge is -2.09. The predicted molar refractivity (Wildman–Crippen MR) is 86.0 cm³/mol. The molecule has 0 atom stereocenters. The van der Waals surface area contributed by atoms with Gasteiger partial charge in [-0.05, 0) is 44.0 Å². The van der Waals surface area contributed by atoms with E-state index in [-0.39, 0.29) is 12.4 Å². The third-order valence-electron chi connectivity index (χ3n) is 3.18. The summed E-state index contributed by atoms with van der Waals surface area (Å²) in [5.74, 6) is 1.42. The highest BCUT2D eigenvalue weighted by atomic mass is 35.5. The van der Waals surface area contributed by atoms with Crippen molar-refractivity contribution in [3.63, 3.8) is 0 Å². The van der Waals surface area contributed by atoms with Crippen LogP contribution >= 0.6 is 11.6 Å². The summed E-state index contributed by atoms with van der Waals surface area (Å²) in [6.07, 6.45) is 0.703. The maximum absolute atomic E-state index is 8.71. The van der Waals surface area contributed by atoms with Crippen molar-refractivity contribution < 1.29 is 9.94 Å². The molecule has 2 aromatic rings. The maximum Gasteiger partial charge on any atom is 0.171 e. The normalized spacial score (nSPS) is 11.7. The van der Waals surface area contributed by atoms with Crippen molar-refractivity contribution in [3.05, 3.63) is 40.2 Å². The Bertz CT molecular complexity index is 690. The Balaban J connectivity index is 2.38. The van der Waals surface area contributed by atoms with Gasteiger partial charge in [-0.3, -0.25) is 4.68 Å². The molecule has 0 unspecified atom stereocenters. The summed E-state index contributed by atoms with van der Waals surface area (Å²) in [5.41, 5.74) is 8.19. The van der Waals surface area contributed by atoms with Crippen LogP contribution in [0.5, 0.6) is 11.5 Å². The number of rotatable bonds is 5. The number of oxime groups is 1. The van der Waals surface area contributed by atoms with E-state index in [9.17, 15) is 0 Å². The van der Waals surface area contributed by atoms with E-state index in [1.54, 1.807) is 10.7 Å². The number of nitrogens with two attached hydrogens (primary N) is 1. The van der Waals surface area contributed by atoms with Crippen LogP contribution in [-0.4, -0.2) is 20.8 Å². The van der Waals surface area contributed by atoms with Crippen LogP contribution in [0, 0.1) is 13.8 Å². The van der Waals surface area contributed by atoms with Crippen molar-refractivity contribution in [1.29, 1.82) is 0 Å². The topological polar surface area (TPSA) is 85.7 Å². The minimum absolute atomic E-state index is 0.0855. The van der Waals surface area contributed by atoms with E-state index < -0.39 is 0 Å². The van der Waals surface area contributed by atoms with Crippen LogP contribution in [-0.2, 0) is 13.0 Å². The van der Waals surface area contributed by atoms with E-state index in [1.807, 2.05) is 32.9 Å². The zero-order chi connectivity index (χ0) is 16.3. The number of halogens is 1. The molecule has 7 heteroatoms. The number of amidine groups is 1. The van der Waals surface area contributed by atoms with Crippen LogP contribution in [0.1, 0.15) is 23.9 Å². The molecule has 1 heterocycles. The molecule has 0 spiro atoms. The molecule has 0 amide bonds. The molecule has 0 bridgehead atoms. The molecule has 0 saturated heterocycles. The first-order valence-electron chi connectivity index (χ1n) is 6.92. The fourth-order valence-electron chi connectivity index (χ4n) is 2.28. The Morgan fingerprint density at radius 1 is 1.41 bits per heavy atom. The summed E-state index contributed by atoms with van der Waals surface area (Å²) >= 11 is 6.06. The predicted octanol–water partition coefficient (Wildman–Crippen LogP) is 3.25. The Labute approximate surface area is 134 Å². The zero-order valence-electron chi connectivity index (χ0n) is 12.8. The summed E-state index contributed by atoms with van der Waals surface area (Å²) in [6.45, 7) is 6.01. The monoisotopic (exact) mass is 322 g/mol. The summed E-state index contributed by atoms with van der Waals surface area (Å²) in [7, 11) is 0. The smallest absolute Gasteiger partial charge is 0.171 e. The van der Waals surface area contributed by atoms with Gasteiger partial charge in [0.05, 0.1) is 5.69 Å². The first-order chi connectivity index (χ1) is 10.4. The minimum atomic E-state index is 0.0855. The molecule has 1 aromatic carbocycles. The second kappa shape index (κ2) is 6.70. The third-order valence-corrected chi connectivity index (χ3v) is 3.40. The van der Waals surface area contributed by atoms with Gasteiger partial charge in [0.2, 0.25) is 0 Å². The Morgan fingerprint density at radius 3 is 2.73 bits per heavy atom. The van der Waals surface area contributed by atoms with Crippen LogP contribution in [0.2, 0.25) is 5.02 Å². The van der Waals surface area contributed by atoms with E-state index >= 15 is 0 Å². The van der Waals surface area contributed by atoms with Gasteiger partial charge in [0.15, 0.2) is 11.6 Å². The molecule has 0 radical (unpaired) electrons. The van der Waals surface area contributed by atoms with Crippen LogP contribution in [0.15, 0.2) is 23.4 Å². The average Bonchev–Trinajstić information content (AvgIpc) is 2.73. The second-order valence-electron chi connectivity index (χ2n) is 5.03. The molecule has 0 aliphatic rings. The van der Waals surface area contributed by atoms with Crippen molar-refractivity contribution in [1.82, 2.24) is 9.78 Å². The number of aryl methyl sites for hydroxylation is 2. The first kappa shape index (κ1) is 16.2. The maximum atomic E-state index is 8.71. The summed E-state index contributed by atoms with van der Waals surface area (Å²) in [6, 6.07) is 5.53. The van der Waals surface area contributed by atoms with Crippen LogP contribution in [0.4, 0.5) is 0 Å². The van der Waals surface area contributed by atoms with E-state index in [0.29, 0.717) is 22.9 Å². The molecular formula is C15H19ClN4O2. The SMILES string of the molecule is CCc1c(Oc2cc(C)cc(Cl)c2)c(C)nn1C/C(N)=N/O. The molecule has 0 fully saturated rings. The van der Waals surface area contributed by atoms with Gasteiger partial charge in [0.25, 0.3) is 0 Å². The summed E-state index contributed by atoms with van der Waals surface area (Å²) in [5, 5.41) is 16.7. The molecule has 3 N–H and O–H groups in total. The Hall–Kier alpha value is -2.21. The van der Waals surface area contributed by atoms with Crippen molar-refractivity contribution in [2.24, 2.45) is 10.9 Å². The van der Waals surface area contributed by atoms with Crippen molar-refractivity contribution in [2.45, 2.75) is 33.7 Å². The van der Waals surface area contributed by atoms with Gasteiger partial charge in [-0.15, -0.1) is 0 Å². The quantitative estimate of drug-likeness (QED) is 0.383. The lowest BCUT2D eigenvalue weighted by atomic mass is 10.2. The minimum Gasteiger partial charge on any atom is -0.453 e. The lowest BCUT2D eigenvalue weighted by Crippen LogP contribution is -2.21. The number of hydrogen-bond donors (Lipinski definition) is 2. The third kappa shape index (κ3) is 3.51. The number of nitrogens with zero attached hydrogens (tertiary/aromatic N) is 3. The van der Waals surface area contributed by atoms with Crippen molar-refractivity contribution >= 4 is 17.4 Å². The highest BCUT2D eigenvalue weighted by Gasteiger charge is 2.17. The molecule has 0 aliphatic heterocycles. The van der Waals surface area contributed by atoms with Gasteiger partial charge in [-0.2, -0.15) is 5.10 Å². The molecular weight excluding hydrogens is 304 g/mol. The molecule has 2 rings (SSSR count). The Morgan fingerprint density at radius 2 is 2.14 bits per heavy atom. The number of aromatic nitrogens is 2. The van der Waals surface area contributed by atoms with E-state index in [4.69, 9.17) is 27.3 Å². The standard InChI is InChI=1S/C15H19ClN4O2/c1-4-13-15(10(3)18-20(13)8-14(17)19-21)22-12-6-9(2)5-11(16)7-12/h5-7,21H,4,8H2,1-3H3,(H2,17,19). The first-order valence-corrected chi connectivity index (χ1v) is 7.30. The fraction of sp³-hybridized carbons (Fsp3) is 0.333. The molecule has 22 heavy (non-hydrogen) atoms. The molecule has 0 saturated carbocycles. The highest BCUT2D eigenvalue weighted by molar-refractivity contribution is 6.30. The second-order valence-corrected chi connectivity index (χ2v) is 5.47. The van der Waals surface area contributed by atoms with Gasteiger partial charge >= 0.3 is 0 Å². The van der Waals surface area contributed by atoms with E-state index in [2.05, 4.69) is 10.3 Å². The number of ether oxygens (including phenoxy) is 1. The van der Waals surface area contributed by atoms with Gasteiger partial charge in [-0.25, -0.2) is 0 Å². The number of hydrogen-bond acceptors (Lipinski definition) is 4. The zero-order valence-corrected chi connectivity index (χ0v) is 13.6. The number of benzene rings is 1. The fourth-order valence-corrected chi connectivity index (χ4v) is 2.56. The molecule has 0 aliphatic carbocycles. The van der Waals surface area contributed by atoms with Crippen molar-refractivity contribution in [3.8, 4) is 11.5 Å². The highest BCUT2D eigenvalue weighted by Crippen LogP contribution is 2.31. The van der Waals surface area contributed by atoms with Gasteiger partial charge in [0, 0.05) is 5.02 Å². The van der Waals surface area contributed by atoms with Gasteiger partial charge in [-0.1, -0.05) is 23.7 Å². The van der Waals surface area contributed by atoms with Crippen LogP contribution in [0.3, 0.4) is 0 Å².